The van der Waals surface area contributed by atoms with Crippen molar-refractivity contribution in [1.29, 1.82) is 0 Å². The molecule has 21 heavy (non-hydrogen) atoms. The zero-order valence-corrected chi connectivity index (χ0v) is 10.6. The molecule has 0 bridgehead atoms. The number of nitrogens with one attached hydrogen (secondary N) is 2. The second-order valence-electron chi connectivity index (χ2n) is 4.06. The normalized spacial score (nSPS) is 17.1. The molecule has 2 aromatic heterocycles. The molecular weight excluding hydrogens is 278 g/mol. The number of dihydropyridines is 1. The summed E-state index contributed by atoms with van der Waals surface area (Å²) in [5.41, 5.74) is 0.148. The Kier molecular flexibility index (Phi) is 3.33. The van der Waals surface area contributed by atoms with Gasteiger partial charge < -0.3 is 9.84 Å². The van der Waals surface area contributed by atoms with E-state index in [-0.39, 0.29) is 29.9 Å². The van der Waals surface area contributed by atoms with Crippen molar-refractivity contribution in [2.75, 3.05) is 0 Å². The number of aromatic amines is 1. The topological polar surface area (TPSA) is 139 Å². The minimum atomic E-state index is -0.654. The first-order valence-corrected chi connectivity index (χ1v) is 5.95. The molecule has 1 unspecified atom stereocenters. The summed E-state index contributed by atoms with van der Waals surface area (Å²) in [7, 11) is 0. The van der Waals surface area contributed by atoms with Crippen molar-refractivity contribution >= 4 is 18.0 Å². The van der Waals surface area contributed by atoms with Gasteiger partial charge in [-0.05, 0) is 6.08 Å². The number of amides is 2. The lowest BCUT2D eigenvalue weighted by atomic mass is 10.1. The third kappa shape index (κ3) is 2.73. The van der Waals surface area contributed by atoms with E-state index >= 15 is 0 Å². The maximum atomic E-state index is 11.6. The van der Waals surface area contributed by atoms with Crippen LogP contribution in [0.5, 0.6) is 0 Å². The molecular formula is C11H9N7O3. The fourth-order valence-corrected chi connectivity index (χ4v) is 1.66. The van der Waals surface area contributed by atoms with Crippen molar-refractivity contribution < 1.29 is 14.1 Å². The van der Waals surface area contributed by atoms with E-state index < -0.39 is 11.8 Å². The molecule has 1 aliphatic rings. The van der Waals surface area contributed by atoms with Crippen molar-refractivity contribution in [2.24, 2.45) is 4.99 Å². The number of nitrogens with zero attached hydrogens (tertiary/aromatic N) is 5. The summed E-state index contributed by atoms with van der Waals surface area (Å²) >= 11 is 0. The first-order chi connectivity index (χ1) is 10.2. The van der Waals surface area contributed by atoms with Crippen LogP contribution in [0.2, 0.25) is 0 Å². The molecule has 0 fully saturated rings. The number of aliphatic imine (C=N–C) groups is 1. The smallest absolute Gasteiger partial charge is 0.273 e. The van der Waals surface area contributed by atoms with E-state index in [0.717, 1.165) is 0 Å². The van der Waals surface area contributed by atoms with Crippen LogP contribution >= 0.6 is 0 Å². The zero-order chi connectivity index (χ0) is 14.7. The van der Waals surface area contributed by atoms with Gasteiger partial charge in [-0.3, -0.25) is 9.59 Å². The van der Waals surface area contributed by atoms with Crippen LogP contribution in [0.3, 0.4) is 0 Å². The number of hydrogen-bond acceptors (Lipinski definition) is 7. The van der Waals surface area contributed by atoms with Crippen LogP contribution in [0, 0.1) is 0 Å². The number of carbonyl (C=O) groups excluding carboxylic acids is 2. The molecule has 0 spiro atoms. The molecule has 0 aliphatic carbocycles. The number of carbonyl (C=O) groups is 2. The Morgan fingerprint density at radius 2 is 2.38 bits per heavy atom. The molecule has 0 saturated heterocycles. The minimum absolute atomic E-state index is 0.0204. The van der Waals surface area contributed by atoms with Crippen LogP contribution in [0.4, 0.5) is 0 Å². The Balaban J connectivity index is 1.63. The summed E-state index contributed by atoms with van der Waals surface area (Å²) in [5, 5.41) is 15.7. The number of hydrogen-bond donors (Lipinski definition) is 2. The highest BCUT2D eigenvalue weighted by Gasteiger charge is 2.24. The van der Waals surface area contributed by atoms with Crippen molar-refractivity contribution in [2.45, 2.75) is 12.5 Å². The average molecular weight is 287 g/mol. The van der Waals surface area contributed by atoms with Crippen molar-refractivity contribution in [3.8, 4) is 0 Å². The highest BCUT2D eigenvalue weighted by Crippen LogP contribution is 2.17. The monoisotopic (exact) mass is 287 g/mol. The fraction of sp³-hybridized carbons (Fsp3) is 0.182. The maximum absolute atomic E-state index is 11.6. The summed E-state index contributed by atoms with van der Waals surface area (Å²) in [5.74, 6) is -1.06. The molecule has 0 radical (unpaired) electrons. The lowest BCUT2D eigenvalue weighted by Crippen LogP contribution is -2.23. The Morgan fingerprint density at radius 3 is 3.14 bits per heavy atom. The molecule has 0 saturated carbocycles. The lowest BCUT2D eigenvalue weighted by Gasteiger charge is -2.04. The molecule has 1 aliphatic heterocycles. The zero-order valence-electron chi connectivity index (χ0n) is 10.6. The average Bonchev–Trinajstić information content (AvgIpc) is 3.17. The van der Waals surface area contributed by atoms with Gasteiger partial charge in [-0.1, -0.05) is 11.2 Å². The van der Waals surface area contributed by atoms with E-state index in [1.165, 1.54) is 12.4 Å². The Bertz CT molecular complexity index is 716. The summed E-state index contributed by atoms with van der Waals surface area (Å²) in [6.45, 7) is 0.0204. The molecule has 2 aromatic rings. The first kappa shape index (κ1) is 12.8. The Morgan fingerprint density at radius 1 is 1.48 bits per heavy atom. The van der Waals surface area contributed by atoms with Gasteiger partial charge in [-0.25, -0.2) is 4.99 Å². The first-order valence-electron chi connectivity index (χ1n) is 5.95. The van der Waals surface area contributed by atoms with Gasteiger partial charge in [0.05, 0.1) is 12.7 Å². The van der Waals surface area contributed by atoms with Gasteiger partial charge in [-0.2, -0.15) is 20.4 Å². The van der Waals surface area contributed by atoms with Gasteiger partial charge in [-0.15, -0.1) is 0 Å². The highest BCUT2D eigenvalue weighted by molar-refractivity contribution is 5.96. The van der Waals surface area contributed by atoms with Crippen LogP contribution in [-0.2, 0) is 11.3 Å². The molecule has 2 N–H and O–H groups in total. The van der Waals surface area contributed by atoms with Crippen molar-refractivity contribution in [3.05, 3.63) is 35.8 Å². The summed E-state index contributed by atoms with van der Waals surface area (Å²) in [4.78, 5) is 30.9. The van der Waals surface area contributed by atoms with Gasteiger partial charge in [0.1, 0.15) is 5.92 Å². The van der Waals surface area contributed by atoms with Crippen LogP contribution in [0.15, 0.2) is 27.9 Å². The maximum Gasteiger partial charge on any atom is 0.273 e. The van der Waals surface area contributed by atoms with Gasteiger partial charge in [0, 0.05) is 6.21 Å². The van der Waals surface area contributed by atoms with Gasteiger partial charge in [0.15, 0.2) is 11.5 Å². The molecule has 3 rings (SSSR count). The second-order valence-corrected chi connectivity index (χ2v) is 4.06. The molecule has 10 heteroatoms. The quantitative estimate of drug-likeness (QED) is 0.762. The van der Waals surface area contributed by atoms with E-state index in [4.69, 9.17) is 4.52 Å². The fourth-order valence-electron chi connectivity index (χ4n) is 1.66. The van der Waals surface area contributed by atoms with Gasteiger partial charge >= 0.3 is 0 Å². The molecule has 2 amide bonds. The van der Waals surface area contributed by atoms with Crippen LogP contribution in [0.1, 0.15) is 28.1 Å². The predicted molar refractivity (Wildman–Crippen MR) is 67.2 cm³/mol. The summed E-state index contributed by atoms with van der Waals surface area (Å²) < 4.78 is 4.98. The SMILES string of the molecule is O=C(NCc1nc(C2C=CC=NC2=O)no1)c1cn[nH]n1. The molecule has 1 atom stereocenters. The van der Waals surface area contributed by atoms with E-state index in [1.54, 1.807) is 12.2 Å². The van der Waals surface area contributed by atoms with E-state index in [2.05, 4.69) is 35.9 Å². The number of H-pyrrole nitrogens is 1. The van der Waals surface area contributed by atoms with E-state index in [1.807, 2.05) is 0 Å². The highest BCUT2D eigenvalue weighted by atomic mass is 16.5. The third-order valence-electron chi connectivity index (χ3n) is 2.67. The van der Waals surface area contributed by atoms with Crippen LogP contribution in [0.25, 0.3) is 0 Å². The Hall–Kier alpha value is -3.17. The third-order valence-corrected chi connectivity index (χ3v) is 2.67. The van der Waals surface area contributed by atoms with E-state index in [0.29, 0.717) is 0 Å². The van der Waals surface area contributed by atoms with Gasteiger partial charge in [0.25, 0.3) is 11.8 Å². The molecule has 3 heterocycles. The number of rotatable bonds is 4. The minimum Gasteiger partial charge on any atom is -0.342 e. The van der Waals surface area contributed by atoms with E-state index in [9.17, 15) is 9.59 Å². The summed E-state index contributed by atoms with van der Waals surface area (Å²) in [6, 6.07) is 0. The predicted octanol–water partition coefficient (Wildman–Crippen LogP) is -0.632. The van der Waals surface area contributed by atoms with Crippen molar-refractivity contribution in [3.63, 3.8) is 0 Å². The largest absolute Gasteiger partial charge is 0.342 e. The standard InChI is InChI=1S/C11H9N7O3/c19-10-6(2-1-3-12-10)9-15-8(21-17-9)5-13-11(20)7-4-14-18-16-7/h1-4,6H,5H2,(H,13,20)(H,14,16,18). The number of aromatic nitrogens is 5. The number of allylic oxidation sites excluding steroid dienone is 1. The summed E-state index contributed by atoms with van der Waals surface area (Å²) in [6.07, 6.45) is 5.95. The van der Waals surface area contributed by atoms with Crippen molar-refractivity contribution in [1.82, 2.24) is 30.9 Å². The van der Waals surface area contributed by atoms with Crippen LogP contribution < -0.4 is 5.32 Å². The molecule has 0 aromatic carbocycles. The van der Waals surface area contributed by atoms with Crippen LogP contribution in [-0.4, -0.2) is 43.6 Å². The Labute approximate surface area is 117 Å². The molecule has 10 nitrogen and oxygen atoms in total. The second kappa shape index (κ2) is 5.45. The molecule has 106 valence electrons. The van der Waals surface area contributed by atoms with Gasteiger partial charge in [0.2, 0.25) is 5.89 Å². The lowest BCUT2D eigenvalue weighted by molar-refractivity contribution is -0.118.